The van der Waals surface area contributed by atoms with Crippen LogP contribution in [0.25, 0.3) is 0 Å². The van der Waals surface area contributed by atoms with Gasteiger partial charge in [-0.3, -0.25) is 10.1 Å². The maximum absolute atomic E-state index is 11.9. The third-order valence-corrected chi connectivity index (χ3v) is 3.22. The highest BCUT2D eigenvalue weighted by molar-refractivity contribution is 7.15. The normalized spacial score (nSPS) is 10.3. The van der Waals surface area contributed by atoms with Crippen LogP contribution in [-0.2, 0) is 11.3 Å². The lowest BCUT2D eigenvalue weighted by atomic mass is 10.2. The number of hydrogen-bond acceptors (Lipinski definition) is 5. The number of ether oxygens (including phenoxy) is 1. The maximum atomic E-state index is 11.9. The number of rotatable bonds is 4. The van der Waals surface area contributed by atoms with Gasteiger partial charge in [0.2, 0.25) is 5.13 Å². The Labute approximate surface area is 113 Å². The van der Waals surface area contributed by atoms with E-state index < -0.39 is 0 Å². The summed E-state index contributed by atoms with van der Waals surface area (Å²) in [7, 11) is 1.57. The van der Waals surface area contributed by atoms with Gasteiger partial charge in [0.1, 0.15) is 11.6 Å². The smallest absolute Gasteiger partial charge is 0.259 e. The van der Waals surface area contributed by atoms with Crippen molar-refractivity contribution in [3.63, 3.8) is 0 Å². The van der Waals surface area contributed by atoms with E-state index in [9.17, 15) is 4.79 Å². The number of anilines is 1. The Morgan fingerprint density at radius 3 is 2.94 bits per heavy atom. The third-order valence-electron chi connectivity index (χ3n) is 2.07. The lowest BCUT2D eigenvalue weighted by Gasteiger charge is -2.02. The quantitative estimate of drug-likeness (QED) is 0.937. The fourth-order valence-corrected chi connectivity index (χ4v) is 2.22. The summed E-state index contributed by atoms with van der Waals surface area (Å²) in [6, 6.07) is 6.82. The zero-order valence-electron chi connectivity index (χ0n) is 9.51. The van der Waals surface area contributed by atoms with Crippen molar-refractivity contribution in [3.8, 4) is 0 Å². The molecule has 0 spiro atoms. The maximum Gasteiger partial charge on any atom is 0.259 e. The number of nitrogens with zero attached hydrogens (tertiary/aromatic N) is 2. The molecule has 1 amide bonds. The first-order valence-electron chi connectivity index (χ1n) is 5.08. The first kappa shape index (κ1) is 12.9. The number of carbonyl (C=O) groups excluding carboxylic acids is 1. The highest BCUT2D eigenvalue weighted by Gasteiger charge is 2.12. The van der Waals surface area contributed by atoms with Gasteiger partial charge < -0.3 is 4.74 Å². The number of amides is 1. The molecule has 2 rings (SSSR count). The molecule has 0 bridgehead atoms. The minimum Gasteiger partial charge on any atom is -0.377 e. The van der Waals surface area contributed by atoms with Crippen molar-refractivity contribution in [3.05, 3.63) is 39.9 Å². The first-order valence-corrected chi connectivity index (χ1v) is 6.27. The number of halogens is 1. The molecule has 18 heavy (non-hydrogen) atoms. The number of carbonyl (C=O) groups is 1. The topological polar surface area (TPSA) is 64.1 Å². The average molecular weight is 284 g/mol. The molecule has 1 N–H and O–H groups in total. The van der Waals surface area contributed by atoms with Crippen LogP contribution in [0.15, 0.2) is 24.3 Å². The highest BCUT2D eigenvalue weighted by Crippen LogP contribution is 2.19. The largest absolute Gasteiger partial charge is 0.377 e. The molecule has 2 aromatic rings. The van der Waals surface area contributed by atoms with Crippen LogP contribution in [0.3, 0.4) is 0 Å². The predicted octanol–water partition coefficient (Wildman–Crippen LogP) is 2.59. The van der Waals surface area contributed by atoms with E-state index in [1.54, 1.807) is 31.4 Å². The number of aromatic nitrogens is 2. The van der Waals surface area contributed by atoms with Crippen LogP contribution in [0, 0.1) is 0 Å². The Hall–Kier alpha value is -1.50. The van der Waals surface area contributed by atoms with Crippen LogP contribution < -0.4 is 5.32 Å². The van der Waals surface area contributed by atoms with Crippen molar-refractivity contribution >= 4 is 34.0 Å². The predicted molar refractivity (Wildman–Crippen MR) is 70.0 cm³/mol. The SMILES string of the molecule is COCc1nnc(NC(=O)c2ccccc2Cl)s1. The summed E-state index contributed by atoms with van der Waals surface area (Å²) in [6.07, 6.45) is 0. The van der Waals surface area contributed by atoms with Gasteiger partial charge in [-0.05, 0) is 12.1 Å². The van der Waals surface area contributed by atoms with E-state index in [0.717, 1.165) is 0 Å². The van der Waals surface area contributed by atoms with E-state index in [4.69, 9.17) is 16.3 Å². The number of methoxy groups -OCH3 is 1. The van der Waals surface area contributed by atoms with Gasteiger partial charge in [-0.1, -0.05) is 35.1 Å². The minimum atomic E-state index is -0.305. The van der Waals surface area contributed by atoms with Gasteiger partial charge in [-0.15, -0.1) is 10.2 Å². The fourth-order valence-electron chi connectivity index (χ4n) is 1.30. The molecular weight excluding hydrogens is 274 g/mol. The summed E-state index contributed by atoms with van der Waals surface area (Å²) < 4.78 is 4.92. The Balaban J connectivity index is 2.09. The van der Waals surface area contributed by atoms with E-state index in [1.165, 1.54) is 11.3 Å². The second kappa shape index (κ2) is 5.90. The molecule has 1 aromatic carbocycles. The number of benzene rings is 1. The molecule has 0 saturated heterocycles. The van der Waals surface area contributed by atoms with Crippen molar-refractivity contribution in [2.45, 2.75) is 6.61 Å². The summed E-state index contributed by atoms with van der Waals surface area (Å²) in [4.78, 5) is 11.9. The van der Waals surface area contributed by atoms with Gasteiger partial charge in [0.05, 0.1) is 10.6 Å². The Morgan fingerprint density at radius 2 is 2.22 bits per heavy atom. The lowest BCUT2D eigenvalue weighted by molar-refractivity contribution is 0.102. The van der Waals surface area contributed by atoms with Crippen LogP contribution in [0.1, 0.15) is 15.4 Å². The zero-order valence-corrected chi connectivity index (χ0v) is 11.1. The molecule has 0 unspecified atom stereocenters. The first-order chi connectivity index (χ1) is 8.70. The van der Waals surface area contributed by atoms with E-state index in [2.05, 4.69) is 15.5 Å². The summed E-state index contributed by atoms with van der Waals surface area (Å²) in [6.45, 7) is 0.375. The van der Waals surface area contributed by atoms with Gasteiger partial charge in [-0.2, -0.15) is 0 Å². The fraction of sp³-hybridized carbons (Fsp3) is 0.182. The summed E-state index contributed by atoms with van der Waals surface area (Å²) in [5, 5.41) is 11.9. The van der Waals surface area contributed by atoms with Crippen LogP contribution >= 0.6 is 22.9 Å². The molecule has 7 heteroatoms. The molecule has 0 saturated carbocycles. The molecule has 0 aliphatic rings. The molecule has 94 valence electrons. The van der Waals surface area contributed by atoms with Gasteiger partial charge in [-0.25, -0.2) is 0 Å². The second-order valence-electron chi connectivity index (χ2n) is 3.37. The molecule has 0 atom stereocenters. The summed E-state index contributed by atoms with van der Waals surface area (Å²) in [5.41, 5.74) is 0.405. The molecule has 0 aliphatic heterocycles. The Bertz CT molecular complexity index is 559. The molecule has 1 heterocycles. The Kier molecular flexibility index (Phi) is 4.24. The van der Waals surface area contributed by atoms with Gasteiger partial charge in [0.15, 0.2) is 0 Å². The Morgan fingerprint density at radius 1 is 1.44 bits per heavy atom. The zero-order chi connectivity index (χ0) is 13.0. The van der Waals surface area contributed by atoms with Crippen LogP contribution in [0.2, 0.25) is 5.02 Å². The molecule has 5 nitrogen and oxygen atoms in total. The molecule has 1 aromatic heterocycles. The molecule has 0 aliphatic carbocycles. The van der Waals surface area contributed by atoms with Crippen molar-refractivity contribution in [1.29, 1.82) is 0 Å². The van der Waals surface area contributed by atoms with Crippen LogP contribution in [0.5, 0.6) is 0 Å². The third kappa shape index (κ3) is 3.04. The lowest BCUT2D eigenvalue weighted by Crippen LogP contribution is -2.12. The van der Waals surface area contributed by atoms with Crippen LogP contribution in [0.4, 0.5) is 5.13 Å². The van der Waals surface area contributed by atoms with E-state index >= 15 is 0 Å². The van der Waals surface area contributed by atoms with E-state index in [-0.39, 0.29) is 5.91 Å². The standard InChI is InChI=1S/C11H10ClN3O2S/c1-17-6-9-14-15-11(18-9)13-10(16)7-4-2-3-5-8(7)12/h2-5H,6H2,1H3,(H,13,15,16). The van der Waals surface area contributed by atoms with E-state index in [0.29, 0.717) is 27.3 Å². The van der Waals surface area contributed by atoms with Crippen molar-refractivity contribution in [2.24, 2.45) is 0 Å². The van der Waals surface area contributed by atoms with Crippen molar-refractivity contribution in [2.75, 3.05) is 12.4 Å². The molecule has 0 fully saturated rings. The molecular formula is C11H10ClN3O2S. The van der Waals surface area contributed by atoms with Crippen molar-refractivity contribution in [1.82, 2.24) is 10.2 Å². The number of hydrogen-bond donors (Lipinski definition) is 1. The summed E-state index contributed by atoms with van der Waals surface area (Å²) >= 11 is 7.19. The highest BCUT2D eigenvalue weighted by atomic mass is 35.5. The second-order valence-corrected chi connectivity index (χ2v) is 4.84. The van der Waals surface area contributed by atoms with Gasteiger partial charge >= 0.3 is 0 Å². The monoisotopic (exact) mass is 283 g/mol. The van der Waals surface area contributed by atoms with Crippen LogP contribution in [-0.4, -0.2) is 23.2 Å². The number of nitrogens with one attached hydrogen (secondary N) is 1. The molecule has 0 radical (unpaired) electrons. The average Bonchev–Trinajstić information content (AvgIpc) is 2.77. The van der Waals surface area contributed by atoms with E-state index in [1.807, 2.05) is 0 Å². The van der Waals surface area contributed by atoms with Gasteiger partial charge in [0, 0.05) is 7.11 Å². The summed E-state index contributed by atoms with van der Waals surface area (Å²) in [5.74, 6) is -0.305. The minimum absolute atomic E-state index is 0.305. The van der Waals surface area contributed by atoms with Crippen molar-refractivity contribution < 1.29 is 9.53 Å². The van der Waals surface area contributed by atoms with Gasteiger partial charge in [0.25, 0.3) is 5.91 Å².